The molecule has 10 rings (SSSR count). The molecule has 1 heterocycles. The van der Waals surface area contributed by atoms with E-state index < -0.39 is 0 Å². The normalized spacial score (nSPS) is 12.4. The third-order valence-electron chi connectivity index (χ3n) is 10.2. The Hall–Kier alpha value is -7.16. The number of rotatable bonds is 7. The number of nitrogens with zero attached hydrogens (tertiary/aromatic N) is 1. The number of hydrogen-bond donors (Lipinski definition) is 0. The number of anilines is 3. The van der Waals surface area contributed by atoms with Gasteiger partial charge in [0, 0.05) is 33.1 Å². The predicted molar refractivity (Wildman–Crippen MR) is 228 cm³/mol. The van der Waals surface area contributed by atoms with Crippen molar-refractivity contribution in [1.29, 1.82) is 0 Å². The number of benzene rings is 9. The maximum atomic E-state index is 9.58. The average molecular weight is 694 g/mol. The van der Waals surface area contributed by atoms with Gasteiger partial charge in [-0.25, -0.2) is 0 Å². The molecule has 254 valence electrons. The van der Waals surface area contributed by atoms with Crippen LogP contribution >= 0.6 is 0 Å². The van der Waals surface area contributed by atoms with Gasteiger partial charge in [0.2, 0.25) is 0 Å². The van der Waals surface area contributed by atoms with Gasteiger partial charge in [-0.3, -0.25) is 0 Å². The van der Waals surface area contributed by atoms with Gasteiger partial charge in [-0.2, -0.15) is 0 Å². The van der Waals surface area contributed by atoms with Crippen molar-refractivity contribution in [3.63, 3.8) is 0 Å². The van der Waals surface area contributed by atoms with E-state index in [1.165, 1.54) is 0 Å². The molecule has 0 atom stereocenters. The van der Waals surface area contributed by atoms with Crippen LogP contribution < -0.4 is 4.90 Å². The summed E-state index contributed by atoms with van der Waals surface area (Å²) in [6.07, 6.45) is 0. The van der Waals surface area contributed by atoms with Crippen molar-refractivity contribution in [2.24, 2.45) is 0 Å². The van der Waals surface area contributed by atoms with Gasteiger partial charge in [0.15, 0.2) is 0 Å². The highest BCUT2D eigenvalue weighted by atomic mass is 16.3. The van der Waals surface area contributed by atoms with E-state index in [4.69, 9.17) is 4.42 Å². The molecular formula is C52H35NO. The Morgan fingerprint density at radius 3 is 1.63 bits per heavy atom. The highest BCUT2D eigenvalue weighted by Crippen LogP contribution is 2.43. The first-order valence-corrected chi connectivity index (χ1v) is 18.1. The van der Waals surface area contributed by atoms with Crippen molar-refractivity contribution in [1.82, 2.24) is 0 Å². The lowest BCUT2D eigenvalue weighted by Gasteiger charge is -2.28. The topological polar surface area (TPSA) is 16.4 Å². The molecule has 0 N–H and O–H groups in total. The van der Waals surface area contributed by atoms with Crippen LogP contribution in [0.2, 0.25) is 0 Å². The van der Waals surface area contributed by atoms with Crippen LogP contribution in [0.4, 0.5) is 17.1 Å². The Bertz CT molecular complexity index is 3110. The molecule has 2 nitrogen and oxygen atoms in total. The Labute approximate surface area is 320 Å². The van der Waals surface area contributed by atoms with Crippen molar-refractivity contribution in [2.75, 3.05) is 4.90 Å². The zero-order chi connectivity index (χ0) is 39.3. The Morgan fingerprint density at radius 2 is 0.926 bits per heavy atom. The minimum atomic E-state index is -0.131. The second-order valence-electron chi connectivity index (χ2n) is 13.4. The maximum absolute atomic E-state index is 9.58. The van der Waals surface area contributed by atoms with Gasteiger partial charge >= 0.3 is 0 Å². The average Bonchev–Trinajstić information content (AvgIpc) is 3.67. The molecule has 0 unspecified atom stereocenters. The van der Waals surface area contributed by atoms with Gasteiger partial charge in [0.25, 0.3) is 0 Å². The molecule has 0 saturated heterocycles. The molecule has 0 bridgehead atoms. The summed E-state index contributed by atoms with van der Waals surface area (Å²) in [7, 11) is 0. The lowest BCUT2D eigenvalue weighted by atomic mass is 9.98. The van der Waals surface area contributed by atoms with Crippen molar-refractivity contribution < 1.29 is 9.90 Å². The fourth-order valence-electron chi connectivity index (χ4n) is 7.43. The summed E-state index contributed by atoms with van der Waals surface area (Å²) in [5.74, 6) is 0. The molecule has 0 saturated carbocycles. The first-order chi connectivity index (χ1) is 28.4. The third-order valence-corrected chi connectivity index (χ3v) is 10.2. The largest absolute Gasteiger partial charge is 0.455 e. The second kappa shape index (κ2) is 13.4. The summed E-state index contributed by atoms with van der Waals surface area (Å²) in [5, 5.41) is 4.18. The first kappa shape index (κ1) is 27.5. The van der Waals surface area contributed by atoms with Gasteiger partial charge in [0.05, 0.1) is 11.2 Å². The Balaban J connectivity index is 1.15. The number of para-hydroxylation sites is 1. The van der Waals surface area contributed by atoms with Crippen LogP contribution in [0.5, 0.6) is 0 Å². The van der Waals surface area contributed by atoms with Crippen LogP contribution in [-0.2, 0) is 0 Å². The molecule has 0 spiro atoms. The Morgan fingerprint density at radius 1 is 0.370 bits per heavy atom. The van der Waals surface area contributed by atoms with Gasteiger partial charge in [-0.15, -0.1) is 0 Å². The van der Waals surface area contributed by atoms with Crippen LogP contribution in [0.15, 0.2) is 217 Å². The molecule has 0 radical (unpaired) electrons. The van der Waals surface area contributed by atoms with E-state index in [0.717, 1.165) is 66.1 Å². The zero-order valence-corrected chi connectivity index (χ0v) is 29.3. The van der Waals surface area contributed by atoms with Gasteiger partial charge in [-0.05, 0) is 92.8 Å². The molecule has 0 amide bonds. The molecule has 0 fully saturated rings. The minimum absolute atomic E-state index is 0.106. The molecular weight excluding hydrogens is 655 g/mol. The van der Waals surface area contributed by atoms with E-state index in [1.54, 1.807) is 0 Å². The highest BCUT2D eigenvalue weighted by molar-refractivity contribution is 6.15. The SMILES string of the molecule is [2H]c1c([2H])c(N(c2ccc(-c3ccccc3)cc2)c2ccccc2-c2ccc3oc4c5ccccc5ccc4c3c2)c([2H])c([2H])c1-c1ccc(-c2ccccc2)cc1. The van der Waals surface area contributed by atoms with Crippen molar-refractivity contribution >= 4 is 49.8 Å². The monoisotopic (exact) mass is 693 g/mol. The van der Waals surface area contributed by atoms with E-state index in [1.807, 2.05) is 150 Å². The van der Waals surface area contributed by atoms with Gasteiger partial charge in [0.1, 0.15) is 11.2 Å². The molecule has 0 aliphatic rings. The van der Waals surface area contributed by atoms with Crippen LogP contribution in [0.3, 0.4) is 0 Å². The summed E-state index contributed by atoms with van der Waals surface area (Å²) in [6, 6.07) is 62.0. The molecule has 0 aliphatic carbocycles. The van der Waals surface area contributed by atoms with E-state index in [0.29, 0.717) is 16.9 Å². The standard InChI is InChI=1S/C52H35NO/c1-3-11-36(12-4-1)38-19-21-39(22-20-38)41-25-31-45(32-26-41)53(44-29-23-40(24-30-44)37-13-5-2-6-14-37)50-18-10-9-16-46(50)43-28-34-51-49(35-43)48-33-27-42-15-7-8-17-47(42)52(48)54-51/h1-35H/i25D,26D,31D,32D. The molecule has 54 heavy (non-hydrogen) atoms. The highest BCUT2D eigenvalue weighted by Gasteiger charge is 2.19. The van der Waals surface area contributed by atoms with Crippen LogP contribution in [0.1, 0.15) is 5.48 Å². The summed E-state index contributed by atoms with van der Waals surface area (Å²) < 4.78 is 44.4. The maximum Gasteiger partial charge on any atom is 0.143 e. The van der Waals surface area contributed by atoms with Crippen LogP contribution in [0.25, 0.3) is 77.2 Å². The van der Waals surface area contributed by atoms with E-state index in [-0.39, 0.29) is 35.4 Å². The van der Waals surface area contributed by atoms with E-state index >= 15 is 0 Å². The molecule has 0 aliphatic heterocycles. The van der Waals surface area contributed by atoms with Crippen molar-refractivity contribution in [3.05, 3.63) is 212 Å². The lowest BCUT2D eigenvalue weighted by Crippen LogP contribution is -2.11. The van der Waals surface area contributed by atoms with Gasteiger partial charge in [-0.1, -0.05) is 164 Å². The zero-order valence-electron chi connectivity index (χ0n) is 33.3. The summed E-state index contributed by atoms with van der Waals surface area (Å²) in [6.45, 7) is 0. The summed E-state index contributed by atoms with van der Waals surface area (Å²) >= 11 is 0. The number of hydrogen-bond acceptors (Lipinski definition) is 2. The Kier molecular flexibility index (Phi) is 6.84. The summed E-state index contributed by atoms with van der Waals surface area (Å²) in [4.78, 5) is 1.87. The van der Waals surface area contributed by atoms with Crippen LogP contribution in [0, 0.1) is 0 Å². The fourth-order valence-corrected chi connectivity index (χ4v) is 7.43. The fraction of sp³-hybridized carbons (Fsp3) is 0. The predicted octanol–water partition coefficient (Wildman–Crippen LogP) is 14.9. The smallest absolute Gasteiger partial charge is 0.143 e. The second-order valence-corrected chi connectivity index (χ2v) is 13.4. The van der Waals surface area contributed by atoms with Crippen molar-refractivity contribution in [3.8, 4) is 44.5 Å². The first-order valence-electron chi connectivity index (χ1n) is 20.1. The van der Waals surface area contributed by atoms with Crippen LogP contribution in [-0.4, -0.2) is 0 Å². The quantitative estimate of drug-likeness (QED) is 0.165. The van der Waals surface area contributed by atoms with Crippen molar-refractivity contribution in [2.45, 2.75) is 0 Å². The third kappa shape index (κ3) is 5.71. The van der Waals surface area contributed by atoms with E-state index in [2.05, 4.69) is 42.5 Å². The molecule has 9 aromatic carbocycles. The molecule has 2 heteroatoms. The van der Waals surface area contributed by atoms with E-state index in [9.17, 15) is 5.48 Å². The number of fused-ring (bicyclic) bond motifs is 5. The minimum Gasteiger partial charge on any atom is -0.455 e. The molecule has 10 aromatic rings. The molecule has 1 aromatic heterocycles. The number of furan rings is 1. The van der Waals surface area contributed by atoms with Gasteiger partial charge < -0.3 is 9.32 Å². The summed E-state index contributed by atoms with van der Waals surface area (Å²) in [5.41, 5.74) is 10.1. The lowest BCUT2D eigenvalue weighted by molar-refractivity contribution is 0.672.